The van der Waals surface area contributed by atoms with Gasteiger partial charge < -0.3 is 30.7 Å². The molecule has 1 unspecified atom stereocenters. The minimum atomic E-state index is 0.419. The van der Waals surface area contributed by atoms with E-state index in [1.165, 1.54) is 68.6 Å². The quantitative estimate of drug-likeness (QED) is 0.143. The minimum absolute atomic E-state index is 0.419. The van der Waals surface area contributed by atoms with Crippen LogP contribution < -0.4 is 10.6 Å². The number of rotatable bonds is 10. The predicted octanol–water partition coefficient (Wildman–Crippen LogP) is 9.45. The lowest BCUT2D eigenvalue weighted by molar-refractivity contribution is 0.0966. The molecule has 3 aromatic rings. The molecule has 54 heavy (non-hydrogen) atoms. The first-order chi connectivity index (χ1) is 26.2. The lowest BCUT2D eigenvalue weighted by atomic mass is 9.88. The Bertz CT molecular complexity index is 1770. The summed E-state index contributed by atoms with van der Waals surface area (Å²) < 4.78 is 0. The number of likely N-dealkylation sites (tertiary alicyclic amines) is 2. The molecule has 2 fully saturated rings. The second kappa shape index (κ2) is 19.7. The van der Waals surface area contributed by atoms with Crippen molar-refractivity contribution in [2.45, 2.75) is 83.8 Å². The molecule has 4 N–H and O–H groups in total. The molecule has 0 aromatic heterocycles. The van der Waals surface area contributed by atoms with E-state index in [0.717, 1.165) is 53.6 Å². The van der Waals surface area contributed by atoms with Crippen molar-refractivity contribution in [1.29, 1.82) is 10.8 Å². The van der Waals surface area contributed by atoms with Crippen molar-refractivity contribution in [2.75, 3.05) is 44.7 Å². The first kappa shape index (κ1) is 40.6. The summed E-state index contributed by atoms with van der Waals surface area (Å²) in [4.78, 5) is 9.59. The summed E-state index contributed by atoms with van der Waals surface area (Å²) in [6, 6.07) is 28.3. The van der Waals surface area contributed by atoms with Crippen LogP contribution in [0, 0.1) is 10.8 Å². The second-order valence-electron chi connectivity index (χ2n) is 14.9. The van der Waals surface area contributed by atoms with Gasteiger partial charge in [0.1, 0.15) is 0 Å². The van der Waals surface area contributed by atoms with Gasteiger partial charge in [-0.1, -0.05) is 99.3 Å². The van der Waals surface area contributed by atoms with E-state index in [-0.39, 0.29) is 0 Å². The first-order valence-corrected chi connectivity index (χ1v) is 20.1. The minimum Gasteiger partial charge on any atom is -0.364 e. The second-order valence-corrected chi connectivity index (χ2v) is 14.9. The number of allylic oxidation sites excluding steroid dienone is 2. The number of benzene rings is 3. The van der Waals surface area contributed by atoms with Crippen LogP contribution >= 0.6 is 0 Å². The number of hydrogen-bond donors (Lipinski definition) is 3. The first-order valence-electron chi connectivity index (χ1n) is 20.1. The molecule has 0 spiro atoms. The van der Waals surface area contributed by atoms with Crippen molar-refractivity contribution in [3.05, 3.63) is 144 Å². The molecule has 286 valence electrons. The Morgan fingerprint density at radius 3 is 2.20 bits per heavy atom. The van der Waals surface area contributed by atoms with Gasteiger partial charge in [-0.25, -0.2) is 0 Å². The fourth-order valence-electron chi connectivity index (χ4n) is 7.99. The SMILES string of the molecule is C=C(CN)CCC(C)N1Cc2ccccc2C1=C.CC.CN1CCC(N2CCC(c3ccc(N4C=CC(=N)/C4=C\C(=N)c4ccccc4)cc3)CC2)CC1. The summed E-state index contributed by atoms with van der Waals surface area (Å²) in [6.07, 6.45) is 12.7. The Morgan fingerprint density at radius 2 is 1.56 bits per heavy atom. The molecule has 2 saturated heterocycles. The third kappa shape index (κ3) is 10.1. The molecule has 7 rings (SSSR count). The molecule has 1 atom stereocenters. The van der Waals surface area contributed by atoms with E-state index in [1.807, 2.05) is 55.3 Å². The predicted molar refractivity (Wildman–Crippen MR) is 230 cm³/mol. The van der Waals surface area contributed by atoms with Gasteiger partial charge in [-0.05, 0) is 126 Å². The number of nitrogens with zero attached hydrogens (tertiary/aromatic N) is 4. The van der Waals surface area contributed by atoms with Gasteiger partial charge >= 0.3 is 0 Å². The molecule has 4 aliphatic heterocycles. The van der Waals surface area contributed by atoms with Crippen LogP contribution in [0.3, 0.4) is 0 Å². The van der Waals surface area contributed by atoms with Crippen molar-refractivity contribution in [3.8, 4) is 0 Å². The van der Waals surface area contributed by atoms with Crippen LogP contribution in [-0.4, -0.2) is 78.0 Å². The van der Waals surface area contributed by atoms with E-state index in [2.05, 4.69) is 90.4 Å². The van der Waals surface area contributed by atoms with Crippen LogP contribution in [0.4, 0.5) is 5.69 Å². The van der Waals surface area contributed by atoms with Gasteiger partial charge in [-0.3, -0.25) is 5.41 Å². The Morgan fingerprint density at radius 1 is 0.907 bits per heavy atom. The zero-order valence-electron chi connectivity index (χ0n) is 33.2. The van der Waals surface area contributed by atoms with E-state index in [4.69, 9.17) is 16.6 Å². The number of anilines is 1. The maximum absolute atomic E-state index is 8.47. The number of nitrogens with one attached hydrogen (secondary N) is 2. The zero-order chi connectivity index (χ0) is 38.6. The molecular weight excluding hydrogens is 663 g/mol. The molecule has 0 radical (unpaired) electrons. The third-order valence-electron chi connectivity index (χ3n) is 11.4. The highest BCUT2D eigenvalue weighted by Gasteiger charge is 2.29. The maximum atomic E-state index is 8.47. The van der Waals surface area contributed by atoms with E-state index in [0.29, 0.717) is 29.9 Å². The van der Waals surface area contributed by atoms with Gasteiger partial charge in [0, 0.05) is 48.3 Å². The van der Waals surface area contributed by atoms with Crippen LogP contribution in [0.25, 0.3) is 5.70 Å². The van der Waals surface area contributed by atoms with Gasteiger partial charge in [0.05, 0.1) is 17.1 Å². The van der Waals surface area contributed by atoms with Crippen LogP contribution in [-0.2, 0) is 6.54 Å². The monoisotopic (exact) mass is 726 g/mol. The van der Waals surface area contributed by atoms with E-state index in [9.17, 15) is 0 Å². The lowest BCUT2D eigenvalue weighted by Gasteiger charge is -2.41. The summed E-state index contributed by atoms with van der Waals surface area (Å²) in [7, 11) is 2.24. The Balaban J connectivity index is 0.000000237. The zero-order valence-corrected chi connectivity index (χ0v) is 33.2. The maximum Gasteiger partial charge on any atom is 0.0795 e. The highest BCUT2D eigenvalue weighted by molar-refractivity contribution is 6.18. The Labute approximate surface area is 325 Å². The average molecular weight is 726 g/mol. The van der Waals surface area contributed by atoms with Crippen molar-refractivity contribution in [1.82, 2.24) is 14.7 Å². The van der Waals surface area contributed by atoms with E-state index < -0.39 is 0 Å². The topological polar surface area (TPSA) is 86.7 Å². The van der Waals surface area contributed by atoms with Gasteiger partial charge in [-0.15, -0.1) is 0 Å². The lowest BCUT2D eigenvalue weighted by Crippen LogP contribution is -2.46. The molecule has 7 heteroatoms. The standard InChI is InChI=1S/C29H35N5.C16H22N2.C2H6/c1-32-16-13-25(14-17-32)33-18-11-23(12-19-33)22-7-9-26(10-8-22)34-20-15-27(30)29(34)21-28(31)24-5-3-2-4-6-24;1-12(10-17)8-9-13(2)18-11-15-6-4-5-7-16(15)14(18)3;1-2/h2-10,15,20-21,23,25,30-31H,11-14,16-19H2,1H3;4-7,13H,1,3,8-11,17H2,2H3;1-2H3/b29-21+,30-27?,31-28?;;. The summed E-state index contributed by atoms with van der Waals surface area (Å²) >= 11 is 0. The highest BCUT2D eigenvalue weighted by Crippen LogP contribution is 2.35. The van der Waals surface area contributed by atoms with Crippen LogP contribution in [0.1, 0.15) is 87.5 Å². The van der Waals surface area contributed by atoms with Crippen LogP contribution in [0.15, 0.2) is 122 Å². The average Bonchev–Trinajstić information content (AvgIpc) is 3.76. The Hall–Kier alpha value is -4.56. The van der Waals surface area contributed by atoms with E-state index in [1.54, 1.807) is 12.2 Å². The largest absolute Gasteiger partial charge is 0.364 e. The van der Waals surface area contributed by atoms with Gasteiger partial charge in [-0.2, -0.15) is 0 Å². The molecule has 4 aliphatic rings. The van der Waals surface area contributed by atoms with Gasteiger partial charge in [0.2, 0.25) is 0 Å². The van der Waals surface area contributed by atoms with Crippen molar-refractivity contribution >= 4 is 22.8 Å². The van der Waals surface area contributed by atoms with Crippen LogP contribution in [0.5, 0.6) is 0 Å². The third-order valence-corrected chi connectivity index (χ3v) is 11.4. The van der Waals surface area contributed by atoms with Gasteiger partial charge in [0.25, 0.3) is 0 Å². The summed E-state index contributed by atoms with van der Waals surface area (Å²) in [6.45, 7) is 20.9. The molecule has 4 heterocycles. The fourth-order valence-corrected chi connectivity index (χ4v) is 7.99. The molecule has 7 nitrogen and oxygen atoms in total. The smallest absolute Gasteiger partial charge is 0.0795 e. The number of hydrogen-bond acceptors (Lipinski definition) is 7. The number of fused-ring (bicyclic) bond motifs is 1. The molecule has 0 bridgehead atoms. The summed E-state index contributed by atoms with van der Waals surface area (Å²) in [5, 5.41) is 16.8. The van der Waals surface area contributed by atoms with Crippen molar-refractivity contribution < 1.29 is 0 Å². The fraction of sp³-hybridized carbons (Fsp3) is 0.404. The number of nitrogens with two attached hydrogens (primary N) is 1. The van der Waals surface area contributed by atoms with Crippen molar-refractivity contribution in [3.63, 3.8) is 0 Å². The normalized spacial score (nSPS) is 19.2. The molecular formula is C47H63N7. The summed E-state index contributed by atoms with van der Waals surface area (Å²) in [5.74, 6) is 0.630. The molecule has 3 aromatic carbocycles. The number of piperidine rings is 2. The molecule has 0 amide bonds. The van der Waals surface area contributed by atoms with Crippen molar-refractivity contribution in [2.24, 2.45) is 5.73 Å². The van der Waals surface area contributed by atoms with Gasteiger partial charge in [0.15, 0.2) is 0 Å². The molecule has 0 saturated carbocycles. The molecule has 0 aliphatic carbocycles. The summed E-state index contributed by atoms with van der Waals surface area (Å²) in [5.41, 5.74) is 15.5. The van der Waals surface area contributed by atoms with Crippen LogP contribution in [0.2, 0.25) is 0 Å². The highest BCUT2D eigenvalue weighted by atomic mass is 15.2. The Kier molecular flexibility index (Phi) is 14.8. The van der Waals surface area contributed by atoms with E-state index >= 15 is 0 Å².